The normalized spacial score (nSPS) is 13.5. The number of hydrogen-bond donors (Lipinski definition) is 3. The van der Waals surface area contributed by atoms with Gasteiger partial charge in [-0.15, -0.1) is 0 Å². The highest BCUT2D eigenvalue weighted by molar-refractivity contribution is 6.00. The van der Waals surface area contributed by atoms with Crippen LogP contribution in [0.2, 0.25) is 0 Å². The Morgan fingerprint density at radius 3 is 1.52 bits per heavy atom. The van der Waals surface area contributed by atoms with Crippen LogP contribution in [0.25, 0.3) is 0 Å². The Balaban J connectivity index is 1.76. The highest BCUT2D eigenvalue weighted by atomic mass is 16.6. The van der Waals surface area contributed by atoms with Crippen molar-refractivity contribution in [3.05, 3.63) is 108 Å². The Morgan fingerprint density at radius 2 is 1.03 bits per heavy atom. The zero-order chi connectivity index (χ0) is 22.2. The van der Waals surface area contributed by atoms with Gasteiger partial charge in [-0.25, -0.2) is 4.79 Å². The van der Waals surface area contributed by atoms with E-state index in [0.29, 0.717) is 16.7 Å². The molecule has 3 aromatic rings. The average Bonchev–Trinajstić information content (AvgIpc) is 2.82. The van der Waals surface area contributed by atoms with Crippen molar-refractivity contribution in [2.45, 2.75) is 18.3 Å². The molecule has 0 aliphatic carbocycles. The smallest absolute Gasteiger partial charge is 0.340 e. The number of carbonyl (C=O) groups excluding carboxylic acids is 3. The lowest BCUT2D eigenvalue weighted by Gasteiger charge is -2.20. The van der Waals surface area contributed by atoms with Crippen LogP contribution in [0.1, 0.15) is 35.0 Å². The Labute approximate surface area is 178 Å². The minimum absolute atomic E-state index is 0.301. The number of rotatable bonds is 7. The van der Waals surface area contributed by atoms with Crippen LogP contribution in [0.15, 0.2) is 91.0 Å². The van der Waals surface area contributed by atoms with Gasteiger partial charge in [0.05, 0.1) is 0 Å². The van der Waals surface area contributed by atoms with Crippen molar-refractivity contribution < 1.29 is 29.3 Å². The number of aliphatic hydroxyl groups is 2. The average molecular weight is 419 g/mol. The number of imide groups is 1. The van der Waals surface area contributed by atoms with Gasteiger partial charge in [0.15, 0.2) is 12.2 Å². The van der Waals surface area contributed by atoms with E-state index in [1.54, 1.807) is 91.0 Å². The molecule has 0 radical (unpaired) electrons. The molecule has 3 rings (SSSR count). The molecular weight excluding hydrogens is 398 g/mol. The lowest BCUT2D eigenvalue weighted by molar-refractivity contribution is -0.165. The number of benzene rings is 3. The first-order valence-corrected chi connectivity index (χ1v) is 9.53. The van der Waals surface area contributed by atoms with Crippen LogP contribution in [-0.4, -0.2) is 28.0 Å². The lowest BCUT2D eigenvalue weighted by atomic mass is 10.1. The third-order valence-electron chi connectivity index (χ3n) is 4.52. The van der Waals surface area contributed by atoms with Crippen LogP contribution in [0.4, 0.5) is 0 Å². The second kappa shape index (κ2) is 10.3. The van der Waals surface area contributed by atoms with Crippen LogP contribution < -0.4 is 5.32 Å². The van der Waals surface area contributed by atoms with Crippen molar-refractivity contribution in [1.82, 2.24) is 5.32 Å². The zero-order valence-electron chi connectivity index (χ0n) is 16.4. The number of carbonyl (C=O) groups is 3. The van der Waals surface area contributed by atoms with Crippen molar-refractivity contribution in [3.8, 4) is 0 Å². The third-order valence-corrected chi connectivity index (χ3v) is 4.52. The number of aliphatic hydroxyl groups excluding tert-OH is 2. The van der Waals surface area contributed by atoms with E-state index in [1.165, 1.54) is 0 Å². The van der Waals surface area contributed by atoms with Gasteiger partial charge in [0.25, 0.3) is 11.8 Å². The first kappa shape index (κ1) is 21.9. The van der Waals surface area contributed by atoms with E-state index in [4.69, 9.17) is 4.74 Å². The predicted octanol–water partition coefficient (Wildman–Crippen LogP) is 2.38. The van der Waals surface area contributed by atoms with Crippen LogP contribution in [0, 0.1) is 0 Å². The second-order valence-electron chi connectivity index (χ2n) is 6.71. The topological polar surface area (TPSA) is 113 Å². The molecule has 2 amide bonds. The number of hydrogen-bond acceptors (Lipinski definition) is 6. The lowest BCUT2D eigenvalue weighted by Crippen LogP contribution is -2.39. The minimum Gasteiger partial charge on any atom is -0.445 e. The van der Waals surface area contributed by atoms with Gasteiger partial charge in [-0.05, 0) is 11.1 Å². The molecule has 158 valence electrons. The molecule has 3 atom stereocenters. The first-order chi connectivity index (χ1) is 15.0. The van der Waals surface area contributed by atoms with Crippen molar-refractivity contribution in [2.24, 2.45) is 0 Å². The van der Waals surface area contributed by atoms with Crippen LogP contribution in [0.3, 0.4) is 0 Å². The summed E-state index contributed by atoms with van der Waals surface area (Å²) in [5.41, 5.74) is 0.909. The molecule has 3 aromatic carbocycles. The summed E-state index contributed by atoms with van der Waals surface area (Å²) < 4.78 is 5.27. The maximum absolute atomic E-state index is 12.8. The highest BCUT2D eigenvalue weighted by Crippen LogP contribution is 2.23. The molecule has 0 fully saturated rings. The van der Waals surface area contributed by atoms with Crippen molar-refractivity contribution in [2.75, 3.05) is 0 Å². The number of amides is 2. The van der Waals surface area contributed by atoms with Crippen LogP contribution in [-0.2, 0) is 19.1 Å². The SMILES string of the molecule is O=C(NC(=O)[C@H](OC(=O)[C@H](O)c1ccccc1)c1ccccc1)[C@H](O)c1ccccc1. The maximum atomic E-state index is 12.8. The number of ether oxygens (including phenoxy) is 1. The fourth-order valence-corrected chi connectivity index (χ4v) is 2.89. The fraction of sp³-hybridized carbons (Fsp3) is 0.125. The van der Waals surface area contributed by atoms with E-state index >= 15 is 0 Å². The van der Waals surface area contributed by atoms with E-state index in [-0.39, 0.29) is 0 Å². The first-order valence-electron chi connectivity index (χ1n) is 9.53. The molecule has 0 aliphatic heterocycles. The summed E-state index contributed by atoms with van der Waals surface area (Å²) in [6.45, 7) is 0. The summed E-state index contributed by atoms with van der Waals surface area (Å²) in [5, 5.41) is 22.5. The summed E-state index contributed by atoms with van der Waals surface area (Å²) in [6.07, 6.45) is -4.68. The highest BCUT2D eigenvalue weighted by Gasteiger charge is 2.31. The number of esters is 1. The van der Waals surface area contributed by atoms with Gasteiger partial charge in [-0.2, -0.15) is 0 Å². The molecule has 0 heterocycles. The van der Waals surface area contributed by atoms with E-state index in [9.17, 15) is 24.6 Å². The van der Waals surface area contributed by atoms with Gasteiger partial charge in [0.2, 0.25) is 6.10 Å². The summed E-state index contributed by atoms with van der Waals surface area (Å²) in [4.78, 5) is 37.6. The summed E-state index contributed by atoms with van der Waals surface area (Å²) >= 11 is 0. The molecule has 0 bridgehead atoms. The monoisotopic (exact) mass is 419 g/mol. The van der Waals surface area contributed by atoms with Crippen LogP contribution in [0.5, 0.6) is 0 Å². The van der Waals surface area contributed by atoms with E-state index in [0.717, 1.165) is 0 Å². The van der Waals surface area contributed by atoms with Gasteiger partial charge in [0, 0.05) is 5.56 Å². The summed E-state index contributed by atoms with van der Waals surface area (Å²) in [7, 11) is 0. The molecule has 0 unspecified atom stereocenters. The Morgan fingerprint density at radius 1 is 0.613 bits per heavy atom. The van der Waals surface area contributed by atoms with Gasteiger partial charge in [-0.3, -0.25) is 14.9 Å². The van der Waals surface area contributed by atoms with E-state index < -0.39 is 36.1 Å². The second-order valence-corrected chi connectivity index (χ2v) is 6.71. The molecule has 31 heavy (non-hydrogen) atoms. The maximum Gasteiger partial charge on any atom is 0.340 e. The van der Waals surface area contributed by atoms with Gasteiger partial charge < -0.3 is 14.9 Å². The minimum atomic E-state index is -1.61. The molecule has 3 N–H and O–H groups in total. The van der Waals surface area contributed by atoms with Crippen molar-refractivity contribution in [1.29, 1.82) is 0 Å². The standard InChI is InChI=1S/C24H21NO6/c26-19(16-10-4-1-5-11-16)22(28)25-23(29)21(18-14-8-3-9-15-18)31-24(30)20(27)17-12-6-2-7-13-17/h1-15,19-21,26-27H,(H,25,28,29)/t19-,20-,21-/m1/s1. The molecule has 0 spiro atoms. The van der Waals surface area contributed by atoms with Gasteiger partial charge in [-0.1, -0.05) is 91.0 Å². The third kappa shape index (κ3) is 5.63. The molecule has 0 saturated carbocycles. The van der Waals surface area contributed by atoms with Crippen LogP contribution >= 0.6 is 0 Å². The Bertz CT molecular complexity index is 1020. The largest absolute Gasteiger partial charge is 0.445 e. The fourth-order valence-electron chi connectivity index (χ4n) is 2.89. The molecular formula is C24H21NO6. The van der Waals surface area contributed by atoms with Crippen molar-refractivity contribution >= 4 is 17.8 Å². The van der Waals surface area contributed by atoms with Gasteiger partial charge in [0.1, 0.15) is 0 Å². The molecule has 0 saturated heterocycles. The van der Waals surface area contributed by atoms with E-state index in [1.807, 2.05) is 0 Å². The van der Waals surface area contributed by atoms with E-state index in [2.05, 4.69) is 5.32 Å². The number of nitrogens with one attached hydrogen (secondary N) is 1. The Hall–Kier alpha value is -3.81. The predicted molar refractivity (Wildman–Crippen MR) is 111 cm³/mol. The zero-order valence-corrected chi connectivity index (χ0v) is 16.4. The summed E-state index contributed by atoms with van der Waals surface area (Å²) in [6, 6.07) is 24.3. The molecule has 0 aliphatic rings. The molecule has 7 nitrogen and oxygen atoms in total. The molecule has 7 heteroatoms. The van der Waals surface area contributed by atoms with Gasteiger partial charge >= 0.3 is 5.97 Å². The quantitative estimate of drug-likeness (QED) is 0.507. The molecule has 0 aromatic heterocycles. The van der Waals surface area contributed by atoms with Crippen molar-refractivity contribution in [3.63, 3.8) is 0 Å². The Kier molecular flexibility index (Phi) is 7.26. The summed E-state index contributed by atoms with van der Waals surface area (Å²) in [5.74, 6) is -2.96.